The molecule has 0 amide bonds. The number of rotatable bonds is 2. The summed E-state index contributed by atoms with van der Waals surface area (Å²) in [5.74, 6) is -0.871. The fourth-order valence-corrected chi connectivity index (χ4v) is 2.00. The normalized spacial score (nSPS) is 21.4. The van der Waals surface area contributed by atoms with Crippen molar-refractivity contribution in [2.24, 2.45) is 0 Å². The van der Waals surface area contributed by atoms with Crippen LogP contribution in [0.2, 0.25) is 0 Å². The van der Waals surface area contributed by atoms with Crippen LogP contribution in [0.1, 0.15) is 19.3 Å². The molecular formula is C12H17FN2O. The van der Waals surface area contributed by atoms with Gasteiger partial charge in [-0.3, -0.25) is 0 Å². The first-order valence-corrected chi connectivity index (χ1v) is 5.71. The number of anilines is 1. The highest BCUT2D eigenvalue weighted by Gasteiger charge is 2.12. The van der Waals surface area contributed by atoms with E-state index < -0.39 is 5.82 Å². The zero-order valence-corrected chi connectivity index (χ0v) is 9.17. The molecule has 0 aromatic heterocycles. The van der Waals surface area contributed by atoms with Gasteiger partial charge in [-0.25, -0.2) is 4.39 Å². The number of halogens is 1. The van der Waals surface area contributed by atoms with E-state index in [1.54, 1.807) is 6.07 Å². The second-order valence-corrected chi connectivity index (χ2v) is 4.19. The molecule has 3 N–H and O–H groups in total. The summed E-state index contributed by atoms with van der Waals surface area (Å²) in [4.78, 5) is 0. The van der Waals surface area contributed by atoms with Crippen LogP contribution in [0.15, 0.2) is 18.2 Å². The quantitative estimate of drug-likeness (QED) is 0.674. The van der Waals surface area contributed by atoms with E-state index in [0.717, 1.165) is 38.0 Å². The lowest BCUT2D eigenvalue weighted by Crippen LogP contribution is -2.21. The minimum Gasteiger partial charge on any atom is -0.505 e. The van der Waals surface area contributed by atoms with Crippen LogP contribution in [0.5, 0.6) is 5.75 Å². The number of phenols is 1. The van der Waals surface area contributed by atoms with Crippen molar-refractivity contribution < 1.29 is 9.50 Å². The maximum absolute atomic E-state index is 13.1. The standard InChI is InChI=1S/C12H17FN2O/c13-11-8-10(3-4-12(11)16)15-9-2-1-6-14-7-5-9/h3-4,8-9,14-16H,1-2,5-7H2. The minimum atomic E-state index is -0.572. The third kappa shape index (κ3) is 2.85. The van der Waals surface area contributed by atoms with Crippen molar-refractivity contribution in [3.63, 3.8) is 0 Å². The van der Waals surface area contributed by atoms with Crippen molar-refractivity contribution in [1.29, 1.82) is 0 Å². The van der Waals surface area contributed by atoms with Crippen LogP contribution in [0, 0.1) is 5.82 Å². The maximum Gasteiger partial charge on any atom is 0.166 e. The molecule has 16 heavy (non-hydrogen) atoms. The summed E-state index contributed by atoms with van der Waals surface area (Å²) < 4.78 is 13.1. The summed E-state index contributed by atoms with van der Waals surface area (Å²) in [6.07, 6.45) is 3.27. The lowest BCUT2D eigenvalue weighted by Gasteiger charge is -2.17. The number of aromatic hydroxyl groups is 1. The molecule has 0 saturated carbocycles. The number of nitrogens with one attached hydrogen (secondary N) is 2. The molecule has 4 heteroatoms. The van der Waals surface area contributed by atoms with Crippen LogP contribution in [-0.4, -0.2) is 24.2 Å². The van der Waals surface area contributed by atoms with Crippen LogP contribution >= 0.6 is 0 Å². The molecule has 1 unspecified atom stereocenters. The number of hydrogen-bond donors (Lipinski definition) is 3. The zero-order chi connectivity index (χ0) is 11.4. The second kappa shape index (κ2) is 5.16. The molecule has 0 aliphatic carbocycles. The Balaban J connectivity index is 1.99. The number of hydrogen-bond acceptors (Lipinski definition) is 3. The number of benzene rings is 1. The first-order chi connectivity index (χ1) is 7.75. The van der Waals surface area contributed by atoms with E-state index in [1.165, 1.54) is 12.1 Å². The van der Waals surface area contributed by atoms with Crippen LogP contribution < -0.4 is 10.6 Å². The predicted octanol–water partition coefficient (Wildman–Crippen LogP) is 2.09. The molecule has 0 radical (unpaired) electrons. The van der Waals surface area contributed by atoms with Gasteiger partial charge in [0, 0.05) is 17.8 Å². The van der Waals surface area contributed by atoms with Gasteiger partial charge >= 0.3 is 0 Å². The van der Waals surface area contributed by atoms with Crippen molar-refractivity contribution >= 4 is 5.69 Å². The highest BCUT2D eigenvalue weighted by molar-refractivity contribution is 5.47. The fraction of sp³-hybridized carbons (Fsp3) is 0.500. The molecular weight excluding hydrogens is 207 g/mol. The average Bonchev–Trinajstić information content (AvgIpc) is 2.52. The van der Waals surface area contributed by atoms with Crippen LogP contribution in [0.4, 0.5) is 10.1 Å². The van der Waals surface area contributed by atoms with E-state index in [4.69, 9.17) is 5.11 Å². The van der Waals surface area contributed by atoms with Crippen LogP contribution in [0.3, 0.4) is 0 Å². The van der Waals surface area contributed by atoms with Crippen molar-refractivity contribution in [2.45, 2.75) is 25.3 Å². The fourth-order valence-electron chi connectivity index (χ4n) is 2.00. The minimum absolute atomic E-state index is 0.298. The van der Waals surface area contributed by atoms with Crippen molar-refractivity contribution in [3.8, 4) is 5.75 Å². The Morgan fingerprint density at radius 1 is 1.31 bits per heavy atom. The Labute approximate surface area is 94.7 Å². The summed E-state index contributed by atoms with van der Waals surface area (Å²) >= 11 is 0. The molecule has 2 rings (SSSR count). The highest BCUT2D eigenvalue weighted by Crippen LogP contribution is 2.21. The molecule has 1 aromatic rings. The molecule has 3 nitrogen and oxygen atoms in total. The van der Waals surface area contributed by atoms with Gasteiger partial charge in [-0.05, 0) is 44.5 Å². The number of phenolic OH excluding ortho intramolecular Hbond substituents is 1. The molecule has 1 saturated heterocycles. The lowest BCUT2D eigenvalue weighted by molar-refractivity contribution is 0.432. The molecule has 0 bridgehead atoms. The topological polar surface area (TPSA) is 44.3 Å². The first kappa shape index (κ1) is 11.2. The van der Waals surface area contributed by atoms with Gasteiger partial charge in [-0.1, -0.05) is 0 Å². The molecule has 0 spiro atoms. The van der Waals surface area contributed by atoms with E-state index in [9.17, 15) is 4.39 Å². The summed E-state index contributed by atoms with van der Waals surface area (Å²) in [5, 5.41) is 15.7. The summed E-state index contributed by atoms with van der Waals surface area (Å²) in [7, 11) is 0. The van der Waals surface area contributed by atoms with Crippen molar-refractivity contribution in [3.05, 3.63) is 24.0 Å². The molecule has 1 aliphatic heterocycles. The smallest absolute Gasteiger partial charge is 0.166 e. The van der Waals surface area contributed by atoms with E-state index in [-0.39, 0.29) is 5.75 Å². The second-order valence-electron chi connectivity index (χ2n) is 4.19. The Morgan fingerprint density at radius 3 is 3.00 bits per heavy atom. The van der Waals surface area contributed by atoms with Gasteiger partial charge < -0.3 is 15.7 Å². The molecule has 1 atom stereocenters. The van der Waals surface area contributed by atoms with Crippen LogP contribution in [-0.2, 0) is 0 Å². The average molecular weight is 224 g/mol. The van der Waals surface area contributed by atoms with Crippen LogP contribution in [0.25, 0.3) is 0 Å². The van der Waals surface area contributed by atoms with Gasteiger partial charge in [-0.2, -0.15) is 0 Å². The first-order valence-electron chi connectivity index (χ1n) is 5.71. The Morgan fingerprint density at radius 2 is 2.19 bits per heavy atom. The van der Waals surface area contributed by atoms with E-state index in [2.05, 4.69) is 10.6 Å². The maximum atomic E-state index is 13.1. The largest absolute Gasteiger partial charge is 0.505 e. The molecule has 1 fully saturated rings. The highest BCUT2D eigenvalue weighted by atomic mass is 19.1. The van der Waals surface area contributed by atoms with Gasteiger partial charge in [0.05, 0.1) is 0 Å². The molecule has 1 heterocycles. The van der Waals surface area contributed by atoms with Crippen molar-refractivity contribution in [2.75, 3.05) is 18.4 Å². The van der Waals surface area contributed by atoms with Gasteiger partial charge in [0.2, 0.25) is 0 Å². The predicted molar refractivity (Wildman–Crippen MR) is 62.2 cm³/mol. The summed E-state index contributed by atoms with van der Waals surface area (Å²) in [6, 6.07) is 4.82. The SMILES string of the molecule is Oc1ccc(NC2CCCNCC2)cc1F. The van der Waals surface area contributed by atoms with E-state index >= 15 is 0 Å². The third-order valence-electron chi connectivity index (χ3n) is 2.89. The van der Waals surface area contributed by atoms with Crippen molar-refractivity contribution in [1.82, 2.24) is 5.32 Å². The Kier molecular flexibility index (Phi) is 3.62. The lowest BCUT2D eigenvalue weighted by atomic mass is 10.1. The molecule has 1 aromatic carbocycles. The monoisotopic (exact) mass is 224 g/mol. The summed E-state index contributed by atoms with van der Waals surface area (Å²) in [5.41, 5.74) is 0.738. The molecule has 1 aliphatic rings. The Bertz CT molecular complexity index is 349. The zero-order valence-electron chi connectivity index (χ0n) is 9.17. The van der Waals surface area contributed by atoms with Gasteiger partial charge in [-0.15, -0.1) is 0 Å². The van der Waals surface area contributed by atoms with E-state index in [1.807, 2.05) is 0 Å². The van der Waals surface area contributed by atoms with Gasteiger partial charge in [0.15, 0.2) is 11.6 Å². The summed E-state index contributed by atoms with van der Waals surface area (Å²) in [6.45, 7) is 2.06. The van der Waals surface area contributed by atoms with Gasteiger partial charge in [0.25, 0.3) is 0 Å². The third-order valence-corrected chi connectivity index (χ3v) is 2.89. The van der Waals surface area contributed by atoms with Gasteiger partial charge in [0.1, 0.15) is 0 Å². The Hall–Kier alpha value is -1.29. The molecule has 88 valence electrons. The van der Waals surface area contributed by atoms with E-state index in [0.29, 0.717) is 6.04 Å².